The molecule has 1 aromatic carbocycles. The van der Waals surface area contributed by atoms with Crippen molar-refractivity contribution >= 4 is 6.03 Å². The zero-order chi connectivity index (χ0) is 17.8. The van der Waals surface area contributed by atoms with Crippen LogP contribution in [0.2, 0.25) is 0 Å². The van der Waals surface area contributed by atoms with Crippen molar-refractivity contribution in [2.45, 2.75) is 52.7 Å². The molecule has 0 radical (unpaired) electrons. The molecule has 2 amide bonds. The van der Waals surface area contributed by atoms with E-state index in [2.05, 4.69) is 20.7 Å². The Morgan fingerprint density at radius 1 is 1.40 bits per heavy atom. The Labute approximate surface area is 147 Å². The zero-order valence-electron chi connectivity index (χ0n) is 15.0. The number of nitrogens with zero attached hydrogens (tertiary/aromatic N) is 3. The van der Waals surface area contributed by atoms with Crippen LogP contribution in [0, 0.1) is 13.8 Å². The summed E-state index contributed by atoms with van der Waals surface area (Å²) in [5.74, 6) is 2.60. The van der Waals surface area contributed by atoms with E-state index < -0.39 is 0 Å². The molecule has 1 atom stereocenters. The Kier molecular flexibility index (Phi) is 5.21. The first kappa shape index (κ1) is 17.3. The number of fused-ring (bicyclic) bond motifs is 1. The molecule has 7 heteroatoms. The molecule has 7 nitrogen and oxygen atoms in total. The van der Waals surface area contributed by atoms with Crippen LogP contribution < -0.4 is 15.4 Å². The molecule has 0 saturated carbocycles. The van der Waals surface area contributed by atoms with Crippen LogP contribution in [0.3, 0.4) is 0 Å². The van der Waals surface area contributed by atoms with Crippen molar-refractivity contribution < 1.29 is 9.53 Å². The molecule has 1 aliphatic heterocycles. The molecule has 2 heterocycles. The minimum atomic E-state index is -0.173. The highest BCUT2D eigenvalue weighted by atomic mass is 16.5. The Morgan fingerprint density at radius 3 is 3.04 bits per heavy atom. The molecule has 2 N–H and O–H groups in total. The number of carbonyl (C=O) groups excluding carboxylic acids is 1. The van der Waals surface area contributed by atoms with Crippen molar-refractivity contribution in [3.8, 4) is 5.75 Å². The average Bonchev–Trinajstić information content (AvgIpc) is 2.94. The summed E-state index contributed by atoms with van der Waals surface area (Å²) in [5, 5.41) is 10.3. The molecule has 0 spiro atoms. The second kappa shape index (κ2) is 7.55. The molecule has 0 fully saturated rings. The lowest BCUT2D eigenvalue weighted by Crippen LogP contribution is -2.45. The van der Waals surface area contributed by atoms with Gasteiger partial charge in [-0.1, -0.05) is 12.1 Å². The molecule has 2 aromatic rings. The molecule has 1 unspecified atom stereocenters. The van der Waals surface area contributed by atoms with Crippen LogP contribution in [0.15, 0.2) is 18.2 Å². The van der Waals surface area contributed by atoms with Gasteiger partial charge in [-0.05, 0) is 38.8 Å². The lowest BCUT2D eigenvalue weighted by atomic mass is 10.1. The smallest absolute Gasteiger partial charge is 0.315 e. The molecule has 1 aliphatic rings. The number of amides is 2. The third-order valence-electron chi connectivity index (χ3n) is 4.26. The third kappa shape index (κ3) is 4.29. The summed E-state index contributed by atoms with van der Waals surface area (Å²) in [4.78, 5) is 16.6. The predicted molar refractivity (Wildman–Crippen MR) is 94.6 cm³/mol. The third-order valence-corrected chi connectivity index (χ3v) is 4.26. The number of aromatic nitrogens is 3. The number of benzene rings is 1. The van der Waals surface area contributed by atoms with Gasteiger partial charge in [0.2, 0.25) is 0 Å². The highest BCUT2D eigenvalue weighted by molar-refractivity contribution is 5.74. The number of rotatable bonds is 5. The minimum absolute atomic E-state index is 0.0676. The molecular weight excluding hydrogens is 318 g/mol. The maximum Gasteiger partial charge on any atom is 0.315 e. The average molecular weight is 343 g/mol. The molecular formula is C18H25N5O2. The van der Waals surface area contributed by atoms with E-state index >= 15 is 0 Å². The van der Waals surface area contributed by atoms with Gasteiger partial charge in [0, 0.05) is 18.5 Å². The van der Waals surface area contributed by atoms with E-state index in [1.807, 2.05) is 43.7 Å². The van der Waals surface area contributed by atoms with Crippen molar-refractivity contribution in [3.05, 3.63) is 41.0 Å². The van der Waals surface area contributed by atoms with E-state index in [1.54, 1.807) is 0 Å². The van der Waals surface area contributed by atoms with Crippen LogP contribution in [0.4, 0.5) is 4.79 Å². The molecule has 0 saturated heterocycles. The van der Waals surface area contributed by atoms with E-state index in [0.29, 0.717) is 19.7 Å². The van der Waals surface area contributed by atoms with Gasteiger partial charge in [-0.25, -0.2) is 14.5 Å². The van der Waals surface area contributed by atoms with E-state index in [-0.39, 0.29) is 12.1 Å². The number of aryl methyl sites for hydroxylation is 3. The molecule has 134 valence electrons. The molecule has 3 rings (SSSR count). The van der Waals surface area contributed by atoms with Crippen molar-refractivity contribution in [3.63, 3.8) is 0 Å². The zero-order valence-corrected chi connectivity index (χ0v) is 15.0. The fourth-order valence-electron chi connectivity index (χ4n) is 3.06. The van der Waals surface area contributed by atoms with Crippen LogP contribution >= 0.6 is 0 Å². The molecule has 0 bridgehead atoms. The first-order chi connectivity index (χ1) is 12.0. The normalized spacial score (nSPS) is 16.2. The second-order valence-corrected chi connectivity index (χ2v) is 6.36. The van der Waals surface area contributed by atoms with E-state index in [9.17, 15) is 4.79 Å². The number of nitrogens with one attached hydrogen (secondary N) is 2. The van der Waals surface area contributed by atoms with Gasteiger partial charge in [-0.15, -0.1) is 0 Å². The van der Waals surface area contributed by atoms with Crippen molar-refractivity contribution in [2.75, 3.05) is 6.61 Å². The lowest BCUT2D eigenvalue weighted by molar-refractivity contribution is 0.231. The van der Waals surface area contributed by atoms with E-state index in [1.165, 1.54) is 0 Å². The number of hydrogen-bond donors (Lipinski definition) is 2. The van der Waals surface area contributed by atoms with Gasteiger partial charge < -0.3 is 15.4 Å². The Hall–Kier alpha value is -2.57. The summed E-state index contributed by atoms with van der Waals surface area (Å²) < 4.78 is 7.54. The first-order valence-corrected chi connectivity index (χ1v) is 8.72. The SMILES string of the molecule is CCOc1cc(C)ccc1CNC(=O)NC1CCc2nc(C)nn2C1. The van der Waals surface area contributed by atoms with Crippen molar-refractivity contribution in [1.29, 1.82) is 0 Å². The standard InChI is InChI=1S/C18H25N5O2/c1-4-25-16-9-12(2)5-6-14(16)10-19-18(24)21-15-7-8-17-20-13(3)22-23(17)11-15/h5-6,9,15H,4,7-8,10-11H2,1-3H3,(H2,19,21,24). The Bertz CT molecular complexity index is 756. The Morgan fingerprint density at radius 2 is 2.24 bits per heavy atom. The summed E-state index contributed by atoms with van der Waals surface area (Å²) >= 11 is 0. The molecule has 1 aromatic heterocycles. The fraction of sp³-hybridized carbons (Fsp3) is 0.500. The summed E-state index contributed by atoms with van der Waals surface area (Å²) in [5.41, 5.74) is 2.11. The maximum atomic E-state index is 12.2. The predicted octanol–water partition coefficient (Wildman–Crippen LogP) is 2.11. The Balaban J connectivity index is 1.54. The van der Waals surface area contributed by atoms with Crippen LogP contribution in [-0.2, 0) is 19.5 Å². The van der Waals surface area contributed by atoms with Gasteiger partial charge in [0.1, 0.15) is 17.4 Å². The highest BCUT2D eigenvalue weighted by Crippen LogP contribution is 2.20. The van der Waals surface area contributed by atoms with E-state index in [4.69, 9.17) is 4.74 Å². The molecule has 25 heavy (non-hydrogen) atoms. The summed E-state index contributed by atoms with van der Waals surface area (Å²) in [6.07, 6.45) is 1.71. The fourth-order valence-corrected chi connectivity index (χ4v) is 3.06. The van der Waals surface area contributed by atoms with Gasteiger partial charge in [0.05, 0.1) is 19.2 Å². The first-order valence-electron chi connectivity index (χ1n) is 8.72. The van der Waals surface area contributed by atoms with Crippen LogP contribution in [0.1, 0.15) is 36.1 Å². The summed E-state index contributed by atoms with van der Waals surface area (Å²) in [6.45, 7) is 7.56. The monoisotopic (exact) mass is 343 g/mol. The number of hydrogen-bond acceptors (Lipinski definition) is 4. The van der Waals surface area contributed by atoms with Crippen LogP contribution in [-0.4, -0.2) is 33.4 Å². The van der Waals surface area contributed by atoms with Gasteiger partial charge in [0.25, 0.3) is 0 Å². The molecule has 0 aliphatic carbocycles. The second-order valence-electron chi connectivity index (χ2n) is 6.36. The van der Waals surface area contributed by atoms with Gasteiger partial charge in [0.15, 0.2) is 0 Å². The van der Waals surface area contributed by atoms with E-state index in [0.717, 1.165) is 41.4 Å². The number of urea groups is 1. The van der Waals surface area contributed by atoms with Crippen molar-refractivity contribution in [1.82, 2.24) is 25.4 Å². The largest absolute Gasteiger partial charge is 0.494 e. The lowest BCUT2D eigenvalue weighted by Gasteiger charge is -2.23. The minimum Gasteiger partial charge on any atom is -0.494 e. The van der Waals surface area contributed by atoms with Crippen LogP contribution in [0.25, 0.3) is 0 Å². The maximum absolute atomic E-state index is 12.2. The number of ether oxygens (including phenoxy) is 1. The summed E-state index contributed by atoms with van der Waals surface area (Å²) in [6, 6.07) is 5.90. The highest BCUT2D eigenvalue weighted by Gasteiger charge is 2.22. The van der Waals surface area contributed by atoms with Crippen LogP contribution in [0.5, 0.6) is 5.75 Å². The summed E-state index contributed by atoms with van der Waals surface area (Å²) in [7, 11) is 0. The topological polar surface area (TPSA) is 81.1 Å². The van der Waals surface area contributed by atoms with Gasteiger partial charge >= 0.3 is 6.03 Å². The van der Waals surface area contributed by atoms with Gasteiger partial charge in [-0.2, -0.15) is 5.10 Å². The number of carbonyl (C=O) groups is 1. The van der Waals surface area contributed by atoms with Crippen molar-refractivity contribution in [2.24, 2.45) is 0 Å². The van der Waals surface area contributed by atoms with Gasteiger partial charge in [-0.3, -0.25) is 0 Å². The quantitative estimate of drug-likeness (QED) is 0.871.